The zero-order valence-electron chi connectivity index (χ0n) is 11.0. The van der Waals surface area contributed by atoms with Crippen LogP contribution in [0.3, 0.4) is 0 Å². The number of rotatable bonds is 8. The smallest absolute Gasteiger partial charge is 0.335 e. The second kappa shape index (κ2) is 7.59. The number of benzene rings is 1. The van der Waals surface area contributed by atoms with E-state index in [4.69, 9.17) is 5.11 Å². The molecule has 0 bridgehead atoms. The van der Waals surface area contributed by atoms with Crippen LogP contribution in [0.2, 0.25) is 0 Å². The maximum atomic E-state index is 12.2. The Morgan fingerprint density at radius 1 is 1.30 bits per heavy atom. The Labute approximate surface area is 127 Å². The van der Waals surface area contributed by atoms with Crippen molar-refractivity contribution in [2.45, 2.75) is 30.6 Å². The van der Waals surface area contributed by atoms with E-state index in [1.807, 2.05) is 0 Å². The molecule has 0 aliphatic heterocycles. The van der Waals surface area contributed by atoms with Gasteiger partial charge in [0, 0.05) is 4.47 Å². The first-order chi connectivity index (χ1) is 9.38. The molecule has 0 unspecified atom stereocenters. The minimum atomic E-state index is -3.47. The Kier molecular flexibility index (Phi) is 6.42. The molecule has 0 atom stereocenters. The van der Waals surface area contributed by atoms with Gasteiger partial charge in [-0.1, -0.05) is 12.5 Å². The van der Waals surface area contributed by atoms with Gasteiger partial charge < -0.3 is 5.11 Å². The van der Waals surface area contributed by atoms with Crippen molar-refractivity contribution in [3.05, 3.63) is 40.9 Å². The second-order valence-corrected chi connectivity index (χ2v) is 7.34. The van der Waals surface area contributed by atoms with E-state index >= 15 is 0 Å². The van der Waals surface area contributed by atoms with Crippen molar-refractivity contribution in [3.8, 4) is 0 Å². The van der Waals surface area contributed by atoms with Crippen LogP contribution in [0.15, 0.2) is 40.2 Å². The van der Waals surface area contributed by atoms with Gasteiger partial charge in [0.2, 0.25) is 0 Å². The first-order valence-electron chi connectivity index (χ1n) is 6.25. The van der Waals surface area contributed by atoms with Gasteiger partial charge in [0.25, 0.3) is 0 Å². The van der Waals surface area contributed by atoms with E-state index in [9.17, 15) is 13.2 Å². The summed E-state index contributed by atoms with van der Waals surface area (Å²) in [7, 11) is -3.47. The number of carboxylic acid groups (broad SMARTS) is 1. The molecule has 1 aromatic rings. The summed E-state index contributed by atoms with van der Waals surface area (Å²) in [5, 5.41) is 8.92. The number of sulfone groups is 1. The highest BCUT2D eigenvalue weighted by molar-refractivity contribution is 9.10. The summed E-state index contributed by atoms with van der Waals surface area (Å²) in [4.78, 5) is 10.9. The summed E-state index contributed by atoms with van der Waals surface area (Å²) in [5.74, 6) is -1.12. The number of allylic oxidation sites excluding steroid dienone is 1. The SMILES string of the molecule is C=CCCCCCS(=O)(=O)c1cc(C(=O)O)ccc1Br. The van der Waals surface area contributed by atoms with Crippen LogP contribution in [0.1, 0.15) is 36.0 Å². The lowest BCUT2D eigenvalue weighted by Gasteiger charge is -2.07. The maximum absolute atomic E-state index is 12.2. The van der Waals surface area contributed by atoms with Crippen molar-refractivity contribution in [2.75, 3.05) is 5.75 Å². The Hall–Kier alpha value is -1.14. The first kappa shape index (κ1) is 16.9. The Morgan fingerprint density at radius 3 is 2.60 bits per heavy atom. The van der Waals surface area contributed by atoms with Gasteiger partial charge in [0.15, 0.2) is 9.84 Å². The van der Waals surface area contributed by atoms with Crippen LogP contribution in [-0.4, -0.2) is 25.2 Å². The molecule has 0 saturated heterocycles. The number of halogens is 1. The largest absolute Gasteiger partial charge is 0.478 e. The van der Waals surface area contributed by atoms with Gasteiger partial charge in [-0.15, -0.1) is 6.58 Å². The predicted molar refractivity (Wildman–Crippen MR) is 81.8 cm³/mol. The Balaban J connectivity index is 2.83. The minimum Gasteiger partial charge on any atom is -0.478 e. The van der Waals surface area contributed by atoms with E-state index in [-0.39, 0.29) is 16.2 Å². The third-order valence-corrected chi connectivity index (χ3v) is 5.62. The molecule has 1 aromatic carbocycles. The van der Waals surface area contributed by atoms with Gasteiger partial charge >= 0.3 is 5.97 Å². The fourth-order valence-electron chi connectivity index (χ4n) is 1.74. The highest BCUT2D eigenvalue weighted by atomic mass is 79.9. The monoisotopic (exact) mass is 360 g/mol. The van der Waals surface area contributed by atoms with Gasteiger partial charge in [0.1, 0.15) is 0 Å². The number of unbranched alkanes of at least 4 members (excludes halogenated alkanes) is 3. The van der Waals surface area contributed by atoms with Crippen LogP contribution in [0, 0.1) is 0 Å². The molecule has 1 N–H and O–H groups in total. The summed E-state index contributed by atoms with van der Waals surface area (Å²) in [5.41, 5.74) is -0.0292. The Bertz CT molecular complexity index is 593. The normalized spacial score (nSPS) is 11.2. The van der Waals surface area contributed by atoms with E-state index in [1.165, 1.54) is 18.2 Å². The van der Waals surface area contributed by atoms with Crippen molar-refractivity contribution in [3.63, 3.8) is 0 Å². The van der Waals surface area contributed by atoms with Gasteiger partial charge in [-0.05, 0) is 53.4 Å². The van der Waals surface area contributed by atoms with Crippen molar-refractivity contribution >= 4 is 31.7 Å². The summed E-state index contributed by atoms with van der Waals surface area (Å²) >= 11 is 3.16. The molecule has 0 radical (unpaired) electrons. The number of carbonyl (C=O) groups is 1. The minimum absolute atomic E-state index is 0.0197. The average Bonchev–Trinajstić information content (AvgIpc) is 2.38. The van der Waals surface area contributed by atoms with Crippen LogP contribution >= 0.6 is 15.9 Å². The Morgan fingerprint density at radius 2 is 2.00 bits per heavy atom. The van der Waals surface area contributed by atoms with E-state index in [0.717, 1.165) is 19.3 Å². The molecule has 0 aliphatic rings. The van der Waals surface area contributed by atoms with E-state index in [0.29, 0.717) is 10.9 Å². The van der Waals surface area contributed by atoms with E-state index < -0.39 is 15.8 Å². The van der Waals surface area contributed by atoms with Gasteiger partial charge in [-0.2, -0.15) is 0 Å². The molecule has 20 heavy (non-hydrogen) atoms. The molecule has 1 rings (SSSR count). The quantitative estimate of drug-likeness (QED) is 0.567. The molecule has 6 heteroatoms. The van der Waals surface area contributed by atoms with E-state index in [1.54, 1.807) is 6.08 Å². The lowest BCUT2D eigenvalue weighted by molar-refractivity contribution is 0.0696. The fraction of sp³-hybridized carbons (Fsp3) is 0.357. The van der Waals surface area contributed by atoms with Crippen molar-refractivity contribution in [2.24, 2.45) is 0 Å². The topological polar surface area (TPSA) is 71.4 Å². The van der Waals surface area contributed by atoms with Crippen molar-refractivity contribution in [1.82, 2.24) is 0 Å². The molecular weight excluding hydrogens is 344 g/mol. The van der Waals surface area contributed by atoms with Gasteiger partial charge in [-0.3, -0.25) is 0 Å². The predicted octanol–water partition coefficient (Wildman–Crippen LogP) is 3.67. The summed E-state index contributed by atoms with van der Waals surface area (Å²) < 4.78 is 24.8. The maximum Gasteiger partial charge on any atom is 0.335 e. The molecule has 4 nitrogen and oxygen atoms in total. The molecule has 0 aromatic heterocycles. The zero-order valence-corrected chi connectivity index (χ0v) is 13.4. The summed E-state index contributed by atoms with van der Waals surface area (Å²) in [6.07, 6.45) is 4.95. The lowest BCUT2D eigenvalue weighted by Crippen LogP contribution is -2.09. The summed E-state index contributed by atoms with van der Waals surface area (Å²) in [6, 6.07) is 4.02. The molecule has 110 valence electrons. The average molecular weight is 361 g/mol. The van der Waals surface area contributed by atoms with Gasteiger partial charge in [0.05, 0.1) is 16.2 Å². The highest BCUT2D eigenvalue weighted by Gasteiger charge is 2.19. The third-order valence-electron chi connectivity index (χ3n) is 2.83. The second-order valence-electron chi connectivity index (χ2n) is 4.41. The molecule has 0 fully saturated rings. The number of hydrogen-bond acceptors (Lipinski definition) is 3. The number of aromatic carboxylic acids is 1. The standard InChI is InChI=1S/C14H17BrO4S/c1-2-3-4-5-6-9-20(18,19)13-10-11(14(16)17)7-8-12(13)15/h2,7-8,10H,1,3-6,9H2,(H,16,17). The molecule has 0 amide bonds. The number of carboxylic acids is 1. The molecule has 0 aliphatic carbocycles. The van der Waals surface area contributed by atoms with Crippen molar-refractivity contribution in [1.29, 1.82) is 0 Å². The first-order valence-corrected chi connectivity index (χ1v) is 8.69. The lowest BCUT2D eigenvalue weighted by atomic mass is 10.2. The zero-order chi connectivity index (χ0) is 15.2. The summed E-state index contributed by atoms with van der Waals surface area (Å²) in [6.45, 7) is 3.61. The van der Waals surface area contributed by atoms with Crippen LogP contribution in [0.5, 0.6) is 0 Å². The van der Waals surface area contributed by atoms with Crippen molar-refractivity contribution < 1.29 is 18.3 Å². The fourth-order valence-corrected chi connectivity index (χ4v) is 4.20. The molecule has 0 saturated carbocycles. The van der Waals surface area contributed by atoms with Crippen LogP contribution < -0.4 is 0 Å². The van der Waals surface area contributed by atoms with Crippen LogP contribution in [0.25, 0.3) is 0 Å². The molecular formula is C14H17BrO4S. The van der Waals surface area contributed by atoms with E-state index in [2.05, 4.69) is 22.5 Å². The molecule has 0 heterocycles. The van der Waals surface area contributed by atoms with Crippen LogP contribution in [-0.2, 0) is 9.84 Å². The highest BCUT2D eigenvalue weighted by Crippen LogP contribution is 2.25. The molecule has 0 spiro atoms. The third kappa shape index (κ3) is 4.76. The van der Waals surface area contributed by atoms with Gasteiger partial charge in [-0.25, -0.2) is 13.2 Å². The number of hydrogen-bond donors (Lipinski definition) is 1. The van der Waals surface area contributed by atoms with Crippen LogP contribution in [0.4, 0.5) is 0 Å².